The van der Waals surface area contributed by atoms with Crippen LogP contribution in [-0.4, -0.2) is 39.7 Å². The smallest absolute Gasteiger partial charge is 0.257 e. The highest BCUT2D eigenvalue weighted by molar-refractivity contribution is 9.10. The fourth-order valence-corrected chi connectivity index (χ4v) is 3.38. The van der Waals surface area contributed by atoms with Gasteiger partial charge in [-0.1, -0.05) is 22.0 Å². The molecule has 124 valence electrons. The van der Waals surface area contributed by atoms with Crippen LogP contribution in [0, 0.1) is 6.92 Å². The van der Waals surface area contributed by atoms with Gasteiger partial charge in [0.1, 0.15) is 0 Å². The van der Waals surface area contributed by atoms with Crippen molar-refractivity contribution in [3.05, 3.63) is 46.2 Å². The first-order chi connectivity index (χ1) is 10.6. The van der Waals surface area contributed by atoms with Gasteiger partial charge in [-0.05, 0) is 38.0 Å². The predicted octanol–water partition coefficient (Wildman–Crippen LogP) is 2.93. The molecule has 1 aliphatic heterocycles. The molecule has 5 nitrogen and oxygen atoms in total. The summed E-state index contributed by atoms with van der Waals surface area (Å²) in [5, 5.41) is 4.39. The number of carbonyl (C=O) groups is 1. The highest BCUT2D eigenvalue weighted by Crippen LogP contribution is 2.23. The van der Waals surface area contributed by atoms with E-state index in [1.807, 2.05) is 36.1 Å². The minimum absolute atomic E-state index is 0. The monoisotopic (exact) mass is 398 g/mol. The number of nitrogens with zero attached hydrogens (tertiary/aromatic N) is 3. The van der Waals surface area contributed by atoms with Crippen molar-refractivity contribution in [1.82, 2.24) is 14.7 Å². The van der Waals surface area contributed by atoms with Gasteiger partial charge < -0.3 is 10.6 Å². The van der Waals surface area contributed by atoms with E-state index in [9.17, 15) is 4.79 Å². The summed E-state index contributed by atoms with van der Waals surface area (Å²) >= 11 is 3.46. The SMILES string of the molecule is Cc1c(C(=O)N2CCCC2CN)cnn1-c1cccc(Br)c1.Cl. The number of likely N-dealkylation sites (tertiary alicyclic amines) is 1. The van der Waals surface area contributed by atoms with Crippen LogP contribution in [0.5, 0.6) is 0 Å². The Hall–Kier alpha value is -1.37. The van der Waals surface area contributed by atoms with Crippen LogP contribution in [-0.2, 0) is 0 Å². The molecule has 2 N–H and O–H groups in total. The highest BCUT2D eigenvalue weighted by atomic mass is 79.9. The Kier molecular flexibility index (Phi) is 5.84. The molecule has 1 atom stereocenters. The van der Waals surface area contributed by atoms with Gasteiger partial charge in [0.15, 0.2) is 0 Å². The van der Waals surface area contributed by atoms with Gasteiger partial charge in [0, 0.05) is 23.6 Å². The lowest BCUT2D eigenvalue weighted by Crippen LogP contribution is -2.40. The number of nitrogens with two attached hydrogens (primary N) is 1. The van der Waals surface area contributed by atoms with Crippen LogP contribution in [0.15, 0.2) is 34.9 Å². The van der Waals surface area contributed by atoms with Crippen LogP contribution in [0.2, 0.25) is 0 Å². The third-order valence-corrected chi connectivity index (χ3v) is 4.70. The minimum Gasteiger partial charge on any atom is -0.334 e. The maximum absolute atomic E-state index is 12.8. The Labute approximate surface area is 150 Å². The molecule has 1 aromatic heterocycles. The molecule has 1 aliphatic rings. The molecule has 2 aromatic rings. The molecule has 0 saturated carbocycles. The zero-order chi connectivity index (χ0) is 15.7. The summed E-state index contributed by atoms with van der Waals surface area (Å²) in [5.41, 5.74) is 8.21. The van der Waals surface area contributed by atoms with E-state index < -0.39 is 0 Å². The topological polar surface area (TPSA) is 64.2 Å². The average Bonchev–Trinajstić information content (AvgIpc) is 3.12. The summed E-state index contributed by atoms with van der Waals surface area (Å²) in [6.07, 6.45) is 3.66. The summed E-state index contributed by atoms with van der Waals surface area (Å²) < 4.78 is 2.78. The van der Waals surface area contributed by atoms with Crippen molar-refractivity contribution in [3.8, 4) is 5.69 Å². The van der Waals surface area contributed by atoms with Crippen molar-refractivity contribution in [2.75, 3.05) is 13.1 Å². The lowest BCUT2D eigenvalue weighted by molar-refractivity contribution is 0.0740. The molecule has 3 rings (SSSR count). The summed E-state index contributed by atoms with van der Waals surface area (Å²) in [4.78, 5) is 14.6. The molecule has 0 spiro atoms. The number of carbonyl (C=O) groups excluding carboxylic acids is 1. The second kappa shape index (κ2) is 7.47. The van der Waals surface area contributed by atoms with E-state index >= 15 is 0 Å². The largest absolute Gasteiger partial charge is 0.334 e. The molecule has 1 fully saturated rings. The van der Waals surface area contributed by atoms with Gasteiger partial charge >= 0.3 is 0 Å². The lowest BCUT2D eigenvalue weighted by Gasteiger charge is -2.23. The molecule has 23 heavy (non-hydrogen) atoms. The summed E-state index contributed by atoms with van der Waals surface area (Å²) in [6, 6.07) is 8.02. The standard InChI is InChI=1S/C16H19BrN4O.ClH/c1-11-15(16(22)20-7-3-6-14(20)9-18)10-19-21(11)13-5-2-4-12(17)8-13;/h2,4-5,8,10,14H,3,6-7,9,18H2,1H3;1H. The first-order valence-electron chi connectivity index (χ1n) is 7.43. The molecule has 0 radical (unpaired) electrons. The molecule has 7 heteroatoms. The zero-order valence-electron chi connectivity index (χ0n) is 12.9. The summed E-state index contributed by atoms with van der Waals surface area (Å²) in [6.45, 7) is 3.22. The van der Waals surface area contributed by atoms with Crippen molar-refractivity contribution in [1.29, 1.82) is 0 Å². The maximum atomic E-state index is 12.8. The number of hydrogen-bond acceptors (Lipinski definition) is 3. The number of amides is 1. The Balaban J connectivity index is 0.00000192. The first-order valence-corrected chi connectivity index (χ1v) is 8.22. The van der Waals surface area contributed by atoms with Gasteiger partial charge in [-0.2, -0.15) is 5.10 Å². The first kappa shape index (κ1) is 18.0. The Morgan fingerprint density at radius 3 is 2.96 bits per heavy atom. The summed E-state index contributed by atoms with van der Waals surface area (Å²) in [5.74, 6) is 0.0340. The van der Waals surface area contributed by atoms with Crippen LogP contribution in [0.3, 0.4) is 0 Å². The number of hydrogen-bond donors (Lipinski definition) is 1. The molecule has 1 unspecified atom stereocenters. The predicted molar refractivity (Wildman–Crippen MR) is 96.4 cm³/mol. The van der Waals surface area contributed by atoms with E-state index in [2.05, 4.69) is 21.0 Å². The molecule has 1 amide bonds. The van der Waals surface area contributed by atoms with E-state index in [1.54, 1.807) is 10.9 Å². The van der Waals surface area contributed by atoms with Crippen LogP contribution in [0.1, 0.15) is 28.9 Å². The number of rotatable bonds is 3. The highest BCUT2D eigenvalue weighted by Gasteiger charge is 2.30. The van der Waals surface area contributed by atoms with Crippen LogP contribution in [0.25, 0.3) is 5.69 Å². The molecule has 0 bridgehead atoms. The quantitative estimate of drug-likeness (QED) is 0.863. The lowest BCUT2D eigenvalue weighted by atomic mass is 10.2. The Morgan fingerprint density at radius 1 is 1.48 bits per heavy atom. The van der Waals surface area contributed by atoms with Crippen molar-refractivity contribution in [3.63, 3.8) is 0 Å². The van der Waals surface area contributed by atoms with Crippen LogP contribution < -0.4 is 5.73 Å². The number of aromatic nitrogens is 2. The number of benzene rings is 1. The van der Waals surface area contributed by atoms with E-state index in [4.69, 9.17) is 5.73 Å². The van der Waals surface area contributed by atoms with Gasteiger partial charge in [0.05, 0.1) is 23.1 Å². The van der Waals surface area contributed by atoms with Crippen molar-refractivity contribution < 1.29 is 4.79 Å². The third-order valence-electron chi connectivity index (χ3n) is 4.20. The Bertz CT molecular complexity index is 703. The van der Waals surface area contributed by atoms with Gasteiger partial charge in [-0.3, -0.25) is 4.79 Å². The van der Waals surface area contributed by atoms with Crippen molar-refractivity contribution >= 4 is 34.2 Å². The minimum atomic E-state index is 0. The average molecular weight is 400 g/mol. The third kappa shape index (κ3) is 3.44. The van der Waals surface area contributed by atoms with E-state index in [0.29, 0.717) is 12.1 Å². The fraction of sp³-hybridized carbons (Fsp3) is 0.375. The van der Waals surface area contributed by atoms with Crippen molar-refractivity contribution in [2.24, 2.45) is 5.73 Å². The maximum Gasteiger partial charge on any atom is 0.257 e. The van der Waals surface area contributed by atoms with E-state index in [1.165, 1.54) is 0 Å². The number of halogens is 2. The van der Waals surface area contributed by atoms with Gasteiger partial charge in [0.25, 0.3) is 5.91 Å². The zero-order valence-corrected chi connectivity index (χ0v) is 15.3. The van der Waals surface area contributed by atoms with Crippen LogP contribution >= 0.6 is 28.3 Å². The van der Waals surface area contributed by atoms with E-state index in [0.717, 1.165) is 35.2 Å². The second-order valence-electron chi connectivity index (χ2n) is 5.57. The van der Waals surface area contributed by atoms with Crippen LogP contribution in [0.4, 0.5) is 0 Å². The second-order valence-corrected chi connectivity index (χ2v) is 6.48. The normalized spacial score (nSPS) is 17.2. The van der Waals surface area contributed by atoms with Gasteiger partial charge in [-0.15, -0.1) is 12.4 Å². The molecule has 2 heterocycles. The summed E-state index contributed by atoms with van der Waals surface area (Å²) in [7, 11) is 0. The van der Waals surface area contributed by atoms with E-state index in [-0.39, 0.29) is 24.4 Å². The molecular weight excluding hydrogens is 380 g/mol. The van der Waals surface area contributed by atoms with Gasteiger partial charge in [0.2, 0.25) is 0 Å². The molecule has 0 aliphatic carbocycles. The van der Waals surface area contributed by atoms with Gasteiger partial charge in [-0.25, -0.2) is 4.68 Å². The molecular formula is C16H20BrClN4O. The molecule has 1 saturated heterocycles. The van der Waals surface area contributed by atoms with Crippen molar-refractivity contribution in [2.45, 2.75) is 25.8 Å². The molecule has 1 aromatic carbocycles. The fourth-order valence-electron chi connectivity index (χ4n) is 2.99. The Morgan fingerprint density at radius 2 is 2.26 bits per heavy atom.